The molecule has 4 heteroatoms. The maximum Gasteiger partial charge on any atom is 0.0595 e. The van der Waals surface area contributed by atoms with Crippen molar-refractivity contribution < 1.29 is 4.74 Å². The molecule has 1 aliphatic heterocycles. The first-order valence-electron chi connectivity index (χ1n) is 6.39. The van der Waals surface area contributed by atoms with Crippen LogP contribution >= 0.6 is 23.2 Å². The SMILES string of the molecule is CNC(Cc1ccc(Cl)c(Cl)c1)C1CCCOC1. The van der Waals surface area contributed by atoms with Gasteiger partial charge < -0.3 is 10.1 Å². The molecular formula is C14H19Cl2NO. The van der Waals surface area contributed by atoms with Crippen molar-refractivity contribution in [1.29, 1.82) is 0 Å². The molecule has 2 rings (SSSR count). The Labute approximate surface area is 119 Å². The minimum absolute atomic E-state index is 0.433. The van der Waals surface area contributed by atoms with E-state index in [-0.39, 0.29) is 0 Å². The van der Waals surface area contributed by atoms with Gasteiger partial charge in [0.15, 0.2) is 0 Å². The zero-order valence-corrected chi connectivity index (χ0v) is 12.1. The van der Waals surface area contributed by atoms with E-state index < -0.39 is 0 Å². The molecule has 2 atom stereocenters. The number of hydrogen-bond acceptors (Lipinski definition) is 2. The van der Waals surface area contributed by atoms with Crippen molar-refractivity contribution in [3.05, 3.63) is 33.8 Å². The lowest BCUT2D eigenvalue weighted by atomic mass is 9.89. The van der Waals surface area contributed by atoms with Crippen LogP contribution in [-0.4, -0.2) is 26.3 Å². The van der Waals surface area contributed by atoms with E-state index in [4.69, 9.17) is 27.9 Å². The van der Waals surface area contributed by atoms with E-state index >= 15 is 0 Å². The highest BCUT2D eigenvalue weighted by Gasteiger charge is 2.23. The van der Waals surface area contributed by atoms with Crippen LogP contribution in [-0.2, 0) is 11.2 Å². The molecule has 100 valence electrons. The van der Waals surface area contributed by atoms with Gasteiger partial charge in [-0.3, -0.25) is 0 Å². The van der Waals surface area contributed by atoms with E-state index in [9.17, 15) is 0 Å². The summed E-state index contributed by atoms with van der Waals surface area (Å²) in [6, 6.07) is 6.30. The average molecular weight is 288 g/mol. The third-order valence-electron chi connectivity index (χ3n) is 3.57. The number of hydrogen-bond donors (Lipinski definition) is 1. The zero-order valence-electron chi connectivity index (χ0n) is 10.6. The monoisotopic (exact) mass is 287 g/mol. The molecule has 1 fully saturated rings. The Morgan fingerprint density at radius 2 is 2.22 bits per heavy atom. The van der Waals surface area contributed by atoms with E-state index in [1.165, 1.54) is 12.0 Å². The van der Waals surface area contributed by atoms with Crippen LogP contribution < -0.4 is 5.32 Å². The topological polar surface area (TPSA) is 21.3 Å². The standard InChI is InChI=1S/C14H19Cl2NO/c1-17-14(11-3-2-6-18-9-11)8-10-4-5-12(15)13(16)7-10/h4-5,7,11,14,17H,2-3,6,8-9H2,1H3. The highest BCUT2D eigenvalue weighted by molar-refractivity contribution is 6.42. The Bertz CT molecular complexity index is 391. The molecule has 0 aliphatic carbocycles. The molecule has 0 saturated carbocycles. The molecular weight excluding hydrogens is 269 g/mol. The first-order valence-corrected chi connectivity index (χ1v) is 7.15. The van der Waals surface area contributed by atoms with Gasteiger partial charge in [-0.2, -0.15) is 0 Å². The van der Waals surface area contributed by atoms with Crippen molar-refractivity contribution in [2.24, 2.45) is 5.92 Å². The quantitative estimate of drug-likeness (QED) is 0.914. The number of benzene rings is 1. The molecule has 0 bridgehead atoms. The second-order valence-electron chi connectivity index (χ2n) is 4.82. The van der Waals surface area contributed by atoms with Gasteiger partial charge in [0.1, 0.15) is 0 Å². The normalized spacial score (nSPS) is 21.8. The third kappa shape index (κ3) is 3.61. The number of likely N-dealkylation sites (N-methyl/N-ethyl adjacent to an activating group) is 1. The van der Waals surface area contributed by atoms with Crippen LogP contribution in [0.1, 0.15) is 18.4 Å². The van der Waals surface area contributed by atoms with Gasteiger partial charge in [0.25, 0.3) is 0 Å². The molecule has 18 heavy (non-hydrogen) atoms. The van der Waals surface area contributed by atoms with Gasteiger partial charge in [-0.05, 0) is 49.9 Å². The molecule has 0 spiro atoms. The molecule has 1 aromatic carbocycles. The van der Waals surface area contributed by atoms with Gasteiger partial charge in [-0.25, -0.2) is 0 Å². The summed E-state index contributed by atoms with van der Waals surface area (Å²) in [5, 5.41) is 4.64. The molecule has 0 aromatic heterocycles. The van der Waals surface area contributed by atoms with Crippen LogP contribution in [0.15, 0.2) is 18.2 Å². The predicted molar refractivity (Wildman–Crippen MR) is 76.6 cm³/mol. The molecule has 2 unspecified atom stereocenters. The van der Waals surface area contributed by atoms with Crippen LogP contribution in [0.4, 0.5) is 0 Å². The van der Waals surface area contributed by atoms with Crippen molar-refractivity contribution in [1.82, 2.24) is 5.32 Å². The van der Waals surface area contributed by atoms with E-state index in [1.807, 2.05) is 25.2 Å². The lowest BCUT2D eigenvalue weighted by molar-refractivity contribution is 0.0405. The maximum atomic E-state index is 6.05. The van der Waals surface area contributed by atoms with Gasteiger partial charge in [0, 0.05) is 12.6 Å². The lowest BCUT2D eigenvalue weighted by Gasteiger charge is -2.30. The third-order valence-corrected chi connectivity index (χ3v) is 4.31. The van der Waals surface area contributed by atoms with E-state index in [0.717, 1.165) is 26.1 Å². The van der Waals surface area contributed by atoms with Crippen LogP contribution in [0.2, 0.25) is 10.0 Å². The molecule has 1 aromatic rings. The van der Waals surface area contributed by atoms with Gasteiger partial charge in [-0.1, -0.05) is 29.3 Å². The Hall–Kier alpha value is -0.280. The summed E-state index contributed by atoms with van der Waals surface area (Å²) in [4.78, 5) is 0. The molecule has 1 saturated heterocycles. The summed E-state index contributed by atoms with van der Waals surface area (Å²) < 4.78 is 5.56. The molecule has 2 nitrogen and oxygen atoms in total. The molecule has 0 radical (unpaired) electrons. The van der Waals surface area contributed by atoms with Crippen LogP contribution in [0.3, 0.4) is 0 Å². The first kappa shape index (κ1) is 14.1. The van der Waals surface area contributed by atoms with E-state index in [0.29, 0.717) is 22.0 Å². The average Bonchev–Trinajstić information content (AvgIpc) is 2.41. The van der Waals surface area contributed by atoms with E-state index in [1.54, 1.807) is 0 Å². The Balaban J connectivity index is 2.02. The Morgan fingerprint density at radius 1 is 1.39 bits per heavy atom. The van der Waals surface area contributed by atoms with Crippen molar-refractivity contribution in [2.45, 2.75) is 25.3 Å². The van der Waals surface area contributed by atoms with Crippen LogP contribution in [0.5, 0.6) is 0 Å². The zero-order chi connectivity index (χ0) is 13.0. The summed E-state index contributed by atoms with van der Waals surface area (Å²) in [5.41, 5.74) is 1.22. The van der Waals surface area contributed by atoms with Crippen molar-refractivity contribution in [2.75, 3.05) is 20.3 Å². The molecule has 1 N–H and O–H groups in total. The largest absolute Gasteiger partial charge is 0.381 e. The fourth-order valence-electron chi connectivity index (χ4n) is 2.51. The van der Waals surface area contributed by atoms with Gasteiger partial charge in [0.05, 0.1) is 16.7 Å². The highest BCUT2D eigenvalue weighted by atomic mass is 35.5. The fraction of sp³-hybridized carbons (Fsp3) is 0.571. The van der Waals surface area contributed by atoms with Crippen molar-refractivity contribution in [3.8, 4) is 0 Å². The van der Waals surface area contributed by atoms with Crippen LogP contribution in [0.25, 0.3) is 0 Å². The Morgan fingerprint density at radius 3 is 2.83 bits per heavy atom. The smallest absolute Gasteiger partial charge is 0.0595 e. The second kappa shape index (κ2) is 6.76. The molecule has 1 aliphatic rings. The predicted octanol–water partition coefficient (Wildman–Crippen LogP) is 3.55. The van der Waals surface area contributed by atoms with Crippen molar-refractivity contribution in [3.63, 3.8) is 0 Å². The van der Waals surface area contributed by atoms with Gasteiger partial charge >= 0.3 is 0 Å². The minimum atomic E-state index is 0.433. The van der Waals surface area contributed by atoms with E-state index in [2.05, 4.69) is 5.32 Å². The number of nitrogens with one attached hydrogen (secondary N) is 1. The highest BCUT2D eigenvalue weighted by Crippen LogP contribution is 2.25. The summed E-state index contributed by atoms with van der Waals surface area (Å²) in [7, 11) is 2.01. The maximum absolute atomic E-state index is 6.05. The number of halogens is 2. The van der Waals surface area contributed by atoms with Gasteiger partial charge in [-0.15, -0.1) is 0 Å². The number of ether oxygens (including phenoxy) is 1. The fourth-order valence-corrected chi connectivity index (χ4v) is 2.83. The first-order chi connectivity index (χ1) is 8.70. The molecule has 1 heterocycles. The van der Waals surface area contributed by atoms with Crippen molar-refractivity contribution >= 4 is 23.2 Å². The Kier molecular flexibility index (Phi) is 5.31. The summed E-state index contributed by atoms with van der Waals surface area (Å²) in [6.45, 7) is 1.76. The number of rotatable bonds is 4. The van der Waals surface area contributed by atoms with Gasteiger partial charge in [0.2, 0.25) is 0 Å². The van der Waals surface area contributed by atoms with Crippen LogP contribution in [0, 0.1) is 5.92 Å². The summed E-state index contributed by atoms with van der Waals surface area (Å²) >= 11 is 12.0. The molecule has 0 amide bonds. The second-order valence-corrected chi connectivity index (χ2v) is 5.64. The summed E-state index contributed by atoms with van der Waals surface area (Å²) in [6.07, 6.45) is 3.35. The minimum Gasteiger partial charge on any atom is -0.381 e. The lowest BCUT2D eigenvalue weighted by Crippen LogP contribution is -2.39. The summed E-state index contributed by atoms with van der Waals surface area (Å²) in [5.74, 6) is 0.582.